The van der Waals surface area contributed by atoms with Crippen LogP contribution in [0.1, 0.15) is 39.2 Å². The minimum absolute atomic E-state index is 0.761. The van der Waals surface area contributed by atoms with Crippen molar-refractivity contribution < 1.29 is 0 Å². The molecule has 1 heterocycles. The van der Waals surface area contributed by atoms with Crippen LogP contribution in [-0.2, 0) is 6.54 Å². The number of fused-ring (bicyclic) bond motifs is 1. The number of nitrogen functional groups attached to an aromatic ring is 1. The number of aromatic nitrogens is 1. The Labute approximate surface area is 163 Å². The van der Waals surface area contributed by atoms with Crippen molar-refractivity contribution in [2.75, 3.05) is 31.7 Å². The summed E-state index contributed by atoms with van der Waals surface area (Å²) in [5.41, 5.74) is 12.5. The minimum atomic E-state index is 0.761. The molecule has 1 aromatic heterocycles. The third-order valence-corrected chi connectivity index (χ3v) is 4.67. The Balaban J connectivity index is 0.00000126. The number of H-pyrrole nitrogens is 1. The van der Waals surface area contributed by atoms with Gasteiger partial charge < -0.3 is 20.9 Å². The standard InChI is InChI=1S/C21H28N4.C2H6/c1-4-5-11-25(3)14-15-9-10-19-16(12-15)13-20(24-19)17-7-6-8-18(22)21(17)23-2;1-2/h6-10,12-13,23-24H,4-5,11,14,22H2,1-3H3;1-2H3. The van der Waals surface area contributed by atoms with Crippen molar-refractivity contribution >= 4 is 22.3 Å². The van der Waals surface area contributed by atoms with Gasteiger partial charge in [0.1, 0.15) is 0 Å². The second-order valence-electron chi connectivity index (χ2n) is 6.72. The Morgan fingerprint density at radius 2 is 1.89 bits per heavy atom. The SMILES string of the molecule is CC.CCCCN(C)Cc1ccc2[nH]c(-c3cccc(N)c3NC)cc2c1. The summed E-state index contributed by atoms with van der Waals surface area (Å²) >= 11 is 0. The van der Waals surface area contributed by atoms with E-state index in [4.69, 9.17) is 5.73 Å². The Kier molecular flexibility index (Phi) is 7.74. The molecule has 3 rings (SSSR count). The van der Waals surface area contributed by atoms with E-state index in [0.29, 0.717) is 0 Å². The van der Waals surface area contributed by atoms with Crippen LogP contribution in [0.4, 0.5) is 11.4 Å². The first-order valence-corrected chi connectivity index (χ1v) is 9.99. The summed E-state index contributed by atoms with van der Waals surface area (Å²) < 4.78 is 0. The van der Waals surface area contributed by atoms with Gasteiger partial charge in [0.05, 0.1) is 11.4 Å². The molecule has 2 aromatic carbocycles. The third-order valence-electron chi connectivity index (χ3n) is 4.67. The van der Waals surface area contributed by atoms with Gasteiger partial charge in [0.2, 0.25) is 0 Å². The minimum Gasteiger partial charge on any atom is -0.397 e. The summed E-state index contributed by atoms with van der Waals surface area (Å²) in [6, 6.07) is 14.9. The molecule has 3 aromatic rings. The lowest BCUT2D eigenvalue weighted by atomic mass is 10.1. The molecule has 4 N–H and O–H groups in total. The molecule has 0 aliphatic heterocycles. The predicted octanol–water partition coefficient (Wildman–Crippen LogP) is 5.72. The van der Waals surface area contributed by atoms with Crippen LogP contribution in [0.2, 0.25) is 0 Å². The van der Waals surface area contributed by atoms with Gasteiger partial charge in [0.15, 0.2) is 0 Å². The highest BCUT2D eigenvalue weighted by Gasteiger charge is 2.10. The summed E-state index contributed by atoms with van der Waals surface area (Å²) in [4.78, 5) is 5.90. The first kappa shape index (κ1) is 20.8. The molecular formula is C23H34N4. The maximum atomic E-state index is 6.10. The van der Waals surface area contributed by atoms with Crippen LogP contribution in [0.3, 0.4) is 0 Å². The number of para-hydroxylation sites is 1. The average Bonchev–Trinajstić information content (AvgIpc) is 3.11. The molecule has 27 heavy (non-hydrogen) atoms. The zero-order valence-corrected chi connectivity index (χ0v) is 17.4. The van der Waals surface area contributed by atoms with Crippen molar-refractivity contribution in [3.05, 3.63) is 48.0 Å². The zero-order chi connectivity index (χ0) is 19.8. The second kappa shape index (κ2) is 10.0. The van der Waals surface area contributed by atoms with Crippen molar-refractivity contribution in [1.82, 2.24) is 9.88 Å². The van der Waals surface area contributed by atoms with Gasteiger partial charge in [-0.3, -0.25) is 0 Å². The fourth-order valence-corrected chi connectivity index (χ4v) is 3.32. The van der Waals surface area contributed by atoms with Crippen molar-refractivity contribution in [3.63, 3.8) is 0 Å². The second-order valence-corrected chi connectivity index (χ2v) is 6.72. The van der Waals surface area contributed by atoms with E-state index in [2.05, 4.69) is 59.5 Å². The van der Waals surface area contributed by atoms with E-state index in [0.717, 1.165) is 41.2 Å². The number of nitrogens with one attached hydrogen (secondary N) is 2. The molecule has 0 saturated carbocycles. The quantitative estimate of drug-likeness (QED) is 0.469. The van der Waals surface area contributed by atoms with E-state index in [1.54, 1.807) is 0 Å². The van der Waals surface area contributed by atoms with Gasteiger partial charge in [-0.25, -0.2) is 0 Å². The maximum Gasteiger partial charge on any atom is 0.0665 e. The average molecular weight is 367 g/mol. The van der Waals surface area contributed by atoms with Gasteiger partial charge in [-0.2, -0.15) is 0 Å². The van der Waals surface area contributed by atoms with Gasteiger partial charge in [-0.15, -0.1) is 0 Å². The number of hydrogen-bond donors (Lipinski definition) is 3. The molecule has 0 aliphatic carbocycles. The normalized spacial score (nSPS) is 10.7. The third kappa shape index (κ3) is 5.04. The molecule has 4 heteroatoms. The Morgan fingerprint density at radius 3 is 2.59 bits per heavy atom. The first-order valence-electron chi connectivity index (χ1n) is 9.99. The smallest absolute Gasteiger partial charge is 0.0665 e. The lowest BCUT2D eigenvalue weighted by molar-refractivity contribution is 0.321. The monoisotopic (exact) mass is 366 g/mol. The van der Waals surface area contributed by atoms with Crippen LogP contribution in [0.25, 0.3) is 22.2 Å². The topological polar surface area (TPSA) is 57.1 Å². The largest absolute Gasteiger partial charge is 0.397 e. The summed E-state index contributed by atoms with van der Waals surface area (Å²) in [7, 11) is 4.09. The van der Waals surface area contributed by atoms with Gasteiger partial charge in [0, 0.05) is 35.8 Å². The van der Waals surface area contributed by atoms with Crippen molar-refractivity contribution in [3.8, 4) is 11.3 Å². The van der Waals surface area contributed by atoms with Crippen LogP contribution in [0, 0.1) is 0 Å². The fraction of sp³-hybridized carbons (Fsp3) is 0.391. The van der Waals surface area contributed by atoms with Crippen LogP contribution in [-0.4, -0.2) is 30.5 Å². The number of anilines is 2. The van der Waals surface area contributed by atoms with Gasteiger partial charge >= 0.3 is 0 Å². The lowest BCUT2D eigenvalue weighted by Crippen LogP contribution is -2.18. The molecule has 0 bridgehead atoms. The summed E-state index contributed by atoms with van der Waals surface area (Å²) in [6.07, 6.45) is 2.48. The van der Waals surface area contributed by atoms with Crippen LogP contribution in [0.15, 0.2) is 42.5 Å². The van der Waals surface area contributed by atoms with E-state index in [-0.39, 0.29) is 0 Å². The number of aromatic amines is 1. The van der Waals surface area contributed by atoms with E-state index in [1.807, 2.05) is 33.0 Å². The maximum absolute atomic E-state index is 6.10. The number of unbranched alkanes of at least 4 members (excludes halogenated alkanes) is 1. The molecule has 0 atom stereocenters. The number of hydrogen-bond acceptors (Lipinski definition) is 3. The van der Waals surface area contributed by atoms with Gasteiger partial charge in [-0.05, 0) is 49.8 Å². The predicted molar refractivity (Wildman–Crippen MR) is 120 cm³/mol. The molecular weight excluding hydrogens is 332 g/mol. The number of nitrogens with zero attached hydrogens (tertiary/aromatic N) is 1. The Hall–Kier alpha value is -2.46. The van der Waals surface area contributed by atoms with E-state index >= 15 is 0 Å². The summed E-state index contributed by atoms with van der Waals surface area (Å²) in [6.45, 7) is 8.36. The highest BCUT2D eigenvalue weighted by molar-refractivity contribution is 5.92. The highest BCUT2D eigenvalue weighted by atomic mass is 15.1. The molecule has 146 valence electrons. The molecule has 0 spiro atoms. The number of rotatable bonds is 7. The summed E-state index contributed by atoms with van der Waals surface area (Å²) in [5.74, 6) is 0. The number of nitrogens with two attached hydrogens (primary N) is 1. The molecule has 0 aliphatic rings. The lowest BCUT2D eigenvalue weighted by Gasteiger charge is -2.16. The molecule has 0 fully saturated rings. The van der Waals surface area contributed by atoms with Crippen LogP contribution >= 0.6 is 0 Å². The molecule has 0 amide bonds. The van der Waals surface area contributed by atoms with Crippen molar-refractivity contribution in [1.29, 1.82) is 0 Å². The van der Waals surface area contributed by atoms with E-state index in [9.17, 15) is 0 Å². The fourth-order valence-electron chi connectivity index (χ4n) is 3.32. The molecule has 0 saturated heterocycles. The molecule has 0 unspecified atom stereocenters. The van der Waals surface area contributed by atoms with Crippen molar-refractivity contribution in [2.24, 2.45) is 0 Å². The van der Waals surface area contributed by atoms with Crippen LogP contribution < -0.4 is 11.1 Å². The van der Waals surface area contributed by atoms with Gasteiger partial charge in [0.25, 0.3) is 0 Å². The van der Waals surface area contributed by atoms with E-state index in [1.165, 1.54) is 23.8 Å². The Bertz CT molecular complexity index is 851. The number of benzene rings is 2. The van der Waals surface area contributed by atoms with Crippen molar-refractivity contribution in [2.45, 2.75) is 40.2 Å². The summed E-state index contributed by atoms with van der Waals surface area (Å²) in [5, 5.41) is 4.45. The van der Waals surface area contributed by atoms with E-state index < -0.39 is 0 Å². The van der Waals surface area contributed by atoms with Gasteiger partial charge in [-0.1, -0.05) is 45.4 Å². The molecule has 0 radical (unpaired) electrons. The zero-order valence-electron chi connectivity index (χ0n) is 17.4. The highest BCUT2D eigenvalue weighted by Crippen LogP contribution is 2.33. The Morgan fingerprint density at radius 1 is 1.11 bits per heavy atom. The van der Waals surface area contributed by atoms with Crippen LogP contribution in [0.5, 0.6) is 0 Å². The first-order chi connectivity index (χ1) is 13.1. The molecule has 4 nitrogen and oxygen atoms in total.